The zero-order valence-electron chi connectivity index (χ0n) is 11.8. The molecule has 114 valence electrons. The number of rotatable bonds is 14. The fourth-order valence-electron chi connectivity index (χ4n) is 1.62. The molecule has 19 heavy (non-hydrogen) atoms. The van der Waals surface area contributed by atoms with Crippen molar-refractivity contribution in [1.29, 1.82) is 0 Å². The molecule has 1 atom stereocenters. The van der Waals surface area contributed by atoms with E-state index < -0.39 is 5.97 Å². The Morgan fingerprint density at radius 1 is 1.05 bits per heavy atom. The van der Waals surface area contributed by atoms with Gasteiger partial charge in [-0.2, -0.15) is 0 Å². The molecule has 0 aliphatic carbocycles. The lowest BCUT2D eigenvalue weighted by Gasteiger charge is -2.12. The highest BCUT2D eigenvalue weighted by Crippen LogP contribution is 2.13. The van der Waals surface area contributed by atoms with Gasteiger partial charge in [0.1, 0.15) is 0 Å². The number of unbranched alkanes of at least 4 members (excludes halogenated alkanes) is 1. The minimum absolute atomic E-state index is 0.332. The van der Waals surface area contributed by atoms with Gasteiger partial charge in [0.05, 0.1) is 32.3 Å². The largest absolute Gasteiger partial charge is 0.481 e. The first-order valence-electron chi connectivity index (χ1n) is 6.79. The summed E-state index contributed by atoms with van der Waals surface area (Å²) in [6.45, 7) is 3.18. The van der Waals surface area contributed by atoms with Crippen LogP contribution in [-0.4, -0.2) is 57.8 Å². The third kappa shape index (κ3) is 12.1. The van der Waals surface area contributed by atoms with Gasteiger partial charge in [0.2, 0.25) is 0 Å². The molecule has 0 fully saturated rings. The van der Waals surface area contributed by atoms with Crippen LogP contribution >= 0.6 is 0 Å². The summed E-state index contributed by atoms with van der Waals surface area (Å²) in [5.41, 5.74) is 5.39. The Labute approximate surface area is 115 Å². The van der Waals surface area contributed by atoms with Crippen LogP contribution < -0.4 is 5.73 Å². The lowest BCUT2D eigenvalue weighted by Crippen LogP contribution is -2.17. The molecule has 6 heteroatoms. The minimum Gasteiger partial charge on any atom is -0.481 e. The van der Waals surface area contributed by atoms with Crippen molar-refractivity contribution < 1.29 is 24.1 Å². The molecule has 0 aromatic heterocycles. The second-order valence-electron chi connectivity index (χ2n) is 4.33. The van der Waals surface area contributed by atoms with E-state index in [1.807, 2.05) is 0 Å². The molecule has 3 N–H and O–H groups in total. The Balaban J connectivity index is 3.45. The quantitative estimate of drug-likeness (QED) is 0.458. The van der Waals surface area contributed by atoms with E-state index in [1.54, 1.807) is 7.11 Å². The zero-order chi connectivity index (χ0) is 14.3. The van der Waals surface area contributed by atoms with E-state index in [-0.39, 0.29) is 5.92 Å². The SMILES string of the molecule is COCCOCCOCCC(CCCCN)C(=O)O. The van der Waals surface area contributed by atoms with Crippen molar-refractivity contribution in [3.05, 3.63) is 0 Å². The Morgan fingerprint density at radius 2 is 1.68 bits per heavy atom. The van der Waals surface area contributed by atoms with Crippen LogP contribution in [0, 0.1) is 5.92 Å². The summed E-state index contributed by atoms with van der Waals surface area (Å²) in [5, 5.41) is 9.05. The highest BCUT2D eigenvalue weighted by atomic mass is 16.5. The zero-order valence-corrected chi connectivity index (χ0v) is 11.8. The molecule has 0 rings (SSSR count). The normalized spacial score (nSPS) is 12.5. The van der Waals surface area contributed by atoms with Crippen LogP contribution in [0.25, 0.3) is 0 Å². The van der Waals surface area contributed by atoms with Gasteiger partial charge in [0, 0.05) is 13.7 Å². The molecule has 0 aliphatic rings. The molecule has 0 spiro atoms. The van der Waals surface area contributed by atoms with Crippen LogP contribution in [-0.2, 0) is 19.0 Å². The summed E-state index contributed by atoms with van der Waals surface area (Å²) in [5.74, 6) is -1.09. The first-order valence-corrected chi connectivity index (χ1v) is 6.79. The van der Waals surface area contributed by atoms with E-state index in [9.17, 15) is 4.79 Å². The Morgan fingerprint density at radius 3 is 2.26 bits per heavy atom. The summed E-state index contributed by atoms with van der Waals surface area (Å²) in [6.07, 6.45) is 2.93. The molecule has 0 aliphatic heterocycles. The van der Waals surface area contributed by atoms with Gasteiger partial charge in [-0.3, -0.25) is 4.79 Å². The highest BCUT2D eigenvalue weighted by molar-refractivity contribution is 5.69. The third-order valence-electron chi connectivity index (χ3n) is 2.77. The fourth-order valence-corrected chi connectivity index (χ4v) is 1.62. The maximum atomic E-state index is 11.0. The summed E-state index contributed by atoms with van der Waals surface area (Å²) < 4.78 is 15.4. The van der Waals surface area contributed by atoms with Crippen LogP contribution in [0.4, 0.5) is 0 Å². The van der Waals surface area contributed by atoms with Gasteiger partial charge < -0.3 is 25.1 Å². The Hall–Kier alpha value is -0.690. The summed E-state index contributed by atoms with van der Waals surface area (Å²) in [6, 6.07) is 0. The predicted octanol–water partition coefficient (Wildman–Crippen LogP) is 0.886. The van der Waals surface area contributed by atoms with Crippen molar-refractivity contribution in [3.63, 3.8) is 0 Å². The van der Waals surface area contributed by atoms with E-state index in [4.69, 9.17) is 25.1 Å². The fraction of sp³-hybridized carbons (Fsp3) is 0.923. The molecule has 0 saturated heterocycles. The van der Waals surface area contributed by atoms with E-state index in [2.05, 4.69) is 0 Å². The van der Waals surface area contributed by atoms with Crippen molar-refractivity contribution in [2.75, 3.05) is 46.7 Å². The van der Waals surface area contributed by atoms with Crippen molar-refractivity contribution in [2.45, 2.75) is 25.7 Å². The third-order valence-corrected chi connectivity index (χ3v) is 2.77. The Bertz CT molecular complexity index is 213. The lowest BCUT2D eigenvalue weighted by atomic mass is 9.99. The van der Waals surface area contributed by atoms with Gasteiger partial charge in [-0.1, -0.05) is 6.42 Å². The second-order valence-corrected chi connectivity index (χ2v) is 4.33. The number of nitrogens with two attached hydrogens (primary N) is 1. The molecule has 0 heterocycles. The molecule has 0 aromatic rings. The van der Waals surface area contributed by atoms with Gasteiger partial charge >= 0.3 is 5.97 Å². The van der Waals surface area contributed by atoms with Crippen LogP contribution in [0.5, 0.6) is 0 Å². The maximum absolute atomic E-state index is 11.0. The van der Waals surface area contributed by atoms with Gasteiger partial charge in [-0.15, -0.1) is 0 Å². The van der Waals surface area contributed by atoms with E-state index in [1.165, 1.54) is 0 Å². The number of hydrogen-bond donors (Lipinski definition) is 2. The standard InChI is InChI=1S/C13H27NO5/c1-17-8-9-19-11-10-18-7-5-12(13(15)16)4-2-3-6-14/h12H,2-11,14H2,1H3,(H,15,16). The van der Waals surface area contributed by atoms with Crippen LogP contribution in [0.1, 0.15) is 25.7 Å². The van der Waals surface area contributed by atoms with Crippen LogP contribution in [0.15, 0.2) is 0 Å². The van der Waals surface area contributed by atoms with Gasteiger partial charge in [-0.05, 0) is 25.8 Å². The van der Waals surface area contributed by atoms with E-state index >= 15 is 0 Å². The average molecular weight is 277 g/mol. The van der Waals surface area contributed by atoms with Crippen LogP contribution in [0.3, 0.4) is 0 Å². The molecule has 0 radical (unpaired) electrons. The van der Waals surface area contributed by atoms with Crippen molar-refractivity contribution >= 4 is 5.97 Å². The smallest absolute Gasteiger partial charge is 0.306 e. The maximum Gasteiger partial charge on any atom is 0.306 e. The number of ether oxygens (including phenoxy) is 3. The van der Waals surface area contributed by atoms with Crippen molar-refractivity contribution in [1.82, 2.24) is 0 Å². The molecule has 6 nitrogen and oxygen atoms in total. The number of aliphatic carboxylic acids is 1. The molecular formula is C13H27NO5. The number of methoxy groups -OCH3 is 1. The summed E-state index contributed by atoms with van der Waals surface area (Å²) in [4.78, 5) is 11.0. The number of hydrogen-bond acceptors (Lipinski definition) is 5. The number of carboxylic acid groups (broad SMARTS) is 1. The topological polar surface area (TPSA) is 91.0 Å². The van der Waals surface area contributed by atoms with Gasteiger partial charge in [0.15, 0.2) is 0 Å². The highest BCUT2D eigenvalue weighted by Gasteiger charge is 2.16. The van der Waals surface area contributed by atoms with Crippen LogP contribution in [0.2, 0.25) is 0 Å². The lowest BCUT2D eigenvalue weighted by molar-refractivity contribution is -0.142. The van der Waals surface area contributed by atoms with Crippen molar-refractivity contribution in [2.24, 2.45) is 11.7 Å². The van der Waals surface area contributed by atoms with E-state index in [0.29, 0.717) is 52.4 Å². The van der Waals surface area contributed by atoms with Gasteiger partial charge in [0.25, 0.3) is 0 Å². The molecular weight excluding hydrogens is 250 g/mol. The van der Waals surface area contributed by atoms with Crippen molar-refractivity contribution in [3.8, 4) is 0 Å². The van der Waals surface area contributed by atoms with E-state index in [0.717, 1.165) is 12.8 Å². The Kier molecular flexibility index (Phi) is 13.2. The molecule has 0 amide bonds. The first-order chi connectivity index (χ1) is 9.22. The summed E-state index contributed by atoms with van der Waals surface area (Å²) >= 11 is 0. The molecule has 0 saturated carbocycles. The summed E-state index contributed by atoms with van der Waals surface area (Å²) in [7, 11) is 1.62. The average Bonchev–Trinajstić information content (AvgIpc) is 2.39. The monoisotopic (exact) mass is 277 g/mol. The predicted molar refractivity (Wildman–Crippen MR) is 72.2 cm³/mol. The second kappa shape index (κ2) is 13.7. The molecule has 1 unspecified atom stereocenters. The first kappa shape index (κ1) is 18.3. The molecule has 0 bridgehead atoms. The molecule has 0 aromatic carbocycles. The van der Waals surface area contributed by atoms with Gasteiger partial charge in [-0.25, -0.2) is 0 Å². The minimum atomic E-state index is -0.753. The number of carbonyl (C=O) groups is 1. The number of carboxylic acids is 1.